The number of rotatable bonds is 5. The second kappa shape index (κ2) is 7.84. The maximum Gasteiger partial charge on any atom is 0.246 e. The van der Waals surface area contributed by atoms with Gasteiger partial charge < -0.3 is 19.1 Å². The molecule has 2 rings (SSSR count). The lowest BCUT2D eigenvalue weighted by Gasteiger charge is -2.30. The van der Waals surface area contributed by atoms with Gasteiger partial charge in [0.05, 0.1) is 26.4 Å². The highest BCUT2D eigenvalue weighted by atomic mass is 16.5. The fourth-order valence-corrected chi connectivity index (χ4v) is 2.36. The SMILES string of the molecule is CCOc1cc(/C=C/C(=O)N2CCOC(C)C2)ccc1OC. The molecule has 0 bridgehead atoms. The molecule has 0 aromatic heterocycles. The highest BCUT2D eigenvalue weighted by Crippen LogP contribution is 2.28. The van der Waals surface area contributed by atoms with Crippen LogP contribution in [0, 0.1) is 0 Å². The summed E-state index contributed by atoms with van der Waals surface area (Å²) >= 11 is 0. The van der Waals surface area contributed by atoms with E-state index in [1.807, 2.05) is 32.0 Å². The van der Waals surface area contributed by atoms with Crippen molar-refractivity contribution in [2.75, 3.05) is 33.4 Å². The van der Waals surface area contributed by atoms with Crippen molar-refractivity contribution in [3.05, 3.63) is 29.8 Å². The van der Waals surface area contributed by atoms with E-state index in [4.69, 9.17) is 14.2 Å². The van der Waals surface area contributed by atoms with E-state index in [2.05, 4.69) is 0 Å². The summed E-state index contributed by atoms with van der Waals surface area (Å²) < 4.78 is 16.2. The largest absolute Gasteiger partial charge is 0.493 e. The third-order valence-corrected chi connectivity index (χ3v) is 3.46. The summed E-state index contributed by atoms with van der Waals surface area (Å²) in [5, 5.41) is 0. The Labute approximate surface area is 131 Å². The molecule has 1 fully saturated rings. The predicted molar refractivity (Wildman–Crippen MR) is 85.2 cm³/mol. The van der Waals surface area contributed by atoms with E-state index >= 15 is 0 Å². The first-order chi connectivity index (χ1) is 10.6. The third-order valence-electron chi connectivity index (χ3n) is 3.46. The number of benzene rings is 1. The standard InChI is InChI=1S/C17H23NO4/c1-4-21-16-11-14(5-7-15(16)20-3)6-8-17(19)18-9-10-22-13(2)12-18/h5-8,11,13H,4,9-10,12H2,1-3H3/b8-6+. The van der Waals surface area contributed by atoms with Gasteiger partial charge in [-0.05, 0) is 37.6 Å². The molecule has 1 aliphatic heterocycles. The minimum absolute atomic E-state index is 0.00364. The molecule has 1 atom stereocenters. The van der Waals surface area contributed by atoms with Crippen LogP contribution in [0.3, 0.4) is 0 Å². The van der Waals surface area contributed by atoms with Crippen molar-refractivity contribution >= 4 is 12.0 Å². The summed E-state index contributed by atoms with van der Waals surface area (Å²) in [7, 11) is 1.61. The number of carbonyl (C=O) groups is 1. The van der Waals surface area contributed by atoms with Crippen LogP contribution >= 0.6 is 0 Å². The van der Waals surface area contributed by atoms with Crippen molar-refractivity contribution < 1.29 is 19.0 Å². The molecule has 1 saturated heterocycles. The number of nitrogens with zero attached hydrogens (tertiary/aromatic N) is 1. The van der Waals surface area contributed by atoms with E-state index < -0.39 is 0 Å². The van der Waals surface area contributed by atoms with Gasteiger partial charge in [-0.15, -0.1) is 0 Å². The van der Waals surface area contributed by atoms with Crippen LogP contribution in [-0.2, 0) is 9.53 Å². The first kappa shape index (κ1) is 16.4. The van der Waals surface area contributed by atoms with Crippen molar-refractivity contribution in [1.29, 1.82) is 0 Å². The van der Waals surface area contributed by atoms with Gasteiger partial charge in [-0.2, -0.15) is 0 Å². The molecule has 1 heterocycles. The Morgan fingerprint density at radius 1 is 1.45 bits per heavy atom. The molecule has 5 nitrogen and oxygen atoms in total. The molecule has 0 spiro atoms. The fourth-order valence-electron chi connectivity index (χ4n) is 2.36. The number of morpholine rings is 1. The van der Waals surface area contributed by atoms with E-state index in [-0.39, 0.29) is 12.0 Å². The lowest BCUT2D eigenvalue weighted by Crippen LogP contribution is -2.43. The lowest BCUT2D eigenvalue weighted by molar-refractivity contribution is -0.132. The number of hydrogen-bond donors (Lipinski definition) is 0. The van der Waals surface area contributed by atoms with E-state index in [0.29, 0.717) is 37.8 Å². The molecule has 1 aromatic carbocycles. The maximum absolute atomic E-state index is 12.2. The zero-order valence-corrected chi connectivity index (χ0v) is 13.4. The number of methoxy groups -OCH3 is 1. The third kappa shape index (κ3) is 4.24. The van der Waals surface area contributed by atoms with Crippen LogP contribution in [0.2, 0.25) is 0 Å². The van der Waals surface area contributed by atoms with Crippen LogP contribution in [0.1, 0.15) is 19.4 Å². The molecule has 0 aliphatic carbocycles. The highest BCUT2D eigenvalue weighted by Gasteiger charge is 2.19. The van der Waals surface area contributed by atoms with Gasteiger partial charge >= 0.3 is 0 Å². The smallest absolute Gasteiger partial charge is 0.246 e. The van der Waals surface area contributed by atoms with E-state index in [9.17, 15) is 4.79 Å². The van der Waals surface area contributed by atoms with Crippen LogP contribution < -0.4 is 9.47 Å². The number of amides is 1. The summed E-state index contributed by atoms with van der Waals surface area (Å²) in [5.74, 6) is 1.37. The van der Waals surface area contributed by atoms with Crippen molar-refractivity contribution in [2.24, 2.45) is 0 Å². The maximum atomic E-state index is 12.2. The Morgan fingerprint density at radius 3 is 2.95 bits per heavy atom. The van der Waals surface area contributed by atoms with Crippen molar-refractivity contribution in [3.8, 4) is 11.5 Å². The second-order valence-electron chi connectivity index (χ2n) is 5.14. The summed E-state index contributed by atoms with van der Waals surface area (Å²) in [5.41, 5.74) is 0.902. The van der Waals surface area contributed by atoms with Gasteiger partial charge in [0.15, 0.2) is 11.5 Å². The van der Waals surface area contributed by atoms with Gasteiger partial charge in [0.25, 0.3) is 0 Å². The van der Waals surface area contributed by atoms with E-state index in [1.54, 1.807) is 24.2 Å². The highest BCUT2D eigenvalue weighted by molar-refractivity contribution is 5.92. The summed E-state index contributed by atoms with van der Waals surface area (Å²) in [6.45, 7) is 6.33. The van der Waals surface area contributed by atoms with Gasteiger partial charge in [0, 0.05) is 19.2 Å². The number of carbonyl (C=O) groups excluding carboxylic acids is 1. The van der Waals surface area contributed by atoms with E-state index in [0.717, 1.165) is 5.56 Å². The molecule has 1 unspecified atom stereocenters. The van der Waals surface area contributed by atoms with Gasteiger partial charge in [-0.25, -0.2) is 0 Å². The van der Waals surface area contributed by atoms with Gasteiger partial charge in [0.1, 0.15) is 0 Å². The topological polar surface area (TPSA) is 48.0 Å². The Hall–Kier alpha value is -2.01. The van der Waals surface area contributed by atoms with Crippen molar-refractivity contribution in [1.82, 2.24) is 4.90 Å². The second-order valence-corrected chi connectivity index (χ2v) is 5.14. The molecule has 120 valence electrons. The Bertz CT molecular complexity index is 541. The zero-order chi connectivity index (χ0) is 15.9. The minimum atomic E-state index is 0.00364. The van der Waals surface area contributed by atoms with Crippen LogP contribution in [0.15, 0.2) is 24.3 Å². The van der Waals surface area contributed by atoms with Gasteiger partial charge in [-0.3, -0.25) is 4.79 Å². The van der Waals surface area contributed by atoms with E-state index in [1.165, 1.54) is 0 Å². The van der Waals surface area contributed by atoms with Crippen LogP contribution in [-0.4, -0.2) is 50.3 Å². The molecule has 1 amide bonds. The lowest BCUT2D eigenvalue weighted by atomic mass is 10.2. The first-order valence-electron chi connectivity index (χ1n) is 7.53. The monoisotopic (exact) mass is 305 g/mol. The molecule has 0 radical (unpaired) electrons. The summed E-state index contributed by atoms with van der Waals surface area (Å²) in [6, 6.07) is 5.60. The Kier molecular flexibility index (Phi) is 5.83. The number of ether oxygens (including phenoxy) is 3. The quantitative estimate of drug-likeness (QED) is 0.784. The first-order valence-corrected chi connectivity index (χ1v) is 7.53. The van der Waals surface area contributed by atoms with Crippen molar-refractivity contribution in [3.63, 3.8) is 0 Å². The average molecular weight is 305 g/mol. The van der Waals surface area contributed by atoms with Crippen LogP contribution in [0.25, 0.3) is 6.08 Å². The van der Waals surface area contributed by atoms with Crippen molar-refractivity contribution in [2.45, 2.75) is 20.0 Å². The Balaban J connectivity index is 2.05. The Morgan fingerprint density at radius 2 is 2.27 bits per heavy atom. The minimum Gasteiger partial charge on any atom is -0.493 e. The normalized spacial score (nSPS) is 18.5. The van der Waals surface area contributed by atoms with Crippen LogP contribution in [0.5, 0.6) is 11.5 Å². The molecular weight excluding hydrogens is 282 g/mol. The molecule has 0 saturated carbocycles. The number of hydrogen-bond acceptors (Lipinski definition) is 4. The molecule has 1 aromatic rings. The summed E-state index contributed by atoms with van der Waals surface area (Å²) in [6.07, 6.45) is 3.48. The fraction of sp³-hybridized carbons (Fsp3) is 0.471. The molecule has 1 aliphatic rings. The average Bonchev–Trinajstić information content (AvgIpc) is 2.53. The molecule has 0 N–H and O–H groups in total. The molecular formula is C17H23NO4. The predicted octanol–water partition coefficient (Wildman–Crippen LogP) is 2.35. The summed E-state index contributed by atoms with van der Waals surface area (Å²) in [4.78, 5) is 14.0. The van der Waals surface area contributed by atoms with Crippen LogP contribution in [0.4, 0.5) is 0 Å². The van der Waals surface area contributed by atoms with Gasteiger partial charge in [0.2, 0.25) is 5.91 Å². The van der Waals surface area contributed by atoms with Gasteiger partial charge in [-0.1, -0.05) is 6.07 Å². The zero-order valence-electron chi connectivity index (χ0n) is 13.4. The molecule has 22 heavy (non-hydrogen) atoms. The molecule has 5 heteroatoms.